The van der Waals surface area contributed by atoms with Gasteiger partial charge in [-0.05, 0) is 31.6 Å². The van der Waals surface area contributed by atoms with E-state index in [1.54, 1.807) is 6.92 Å². The molecule has 0 unspecified atom stereocenters. The van der Waals surface area contributed by atoms with Crippen LogP contribution in [0.1, 0.15) is 18.1 Å². The lowest BCUT2D eigenvalue weighted by Gasteiger charge is -2.14. The number of hydrogen-bond donors (Lipinski definition) is 1. The van der Waals surface area contributed by atoms with Crippen molar-refractivity contribution in [1.29, 1.82) is 0 Å². The molecule has 16 heavy (non-hydrogen) atoms. The third-order valence-electron chi connectivity index (χ3n) is 2.37. The summed E-state index contributed by atoms with van der Waals surface area (Å²) < 4.78 is 0. The lowest BCUT2D eigenvalue weighted by atomic mass is 10.0. The van der Waals surface area contributed by atoms with E-state index in [1.807, 2.05) is 6.07 Å². The predicted octanol–water partition coefficient (Wildman–Crippen LogP) is 1.43. The van der Waals surface area contributed by atoms with Crippen LogP contribution < -0.4 is 5.32 Å². The molecule has 1 aromatic carbocycles. The Hall–Kier alpha value is -1.35. The zero-order valence-electron chi connectivity index (χ0n) is 10.3. The highest BCUT2D eigenvalue weighted by atomic mass is 16.1. The number of carbonyl (C=O) groups excluding carboxylic acids is 1. The van der Waals surface area contributed by atoms with Crippen LogP contribution in [0.2, 0.25) is 0 Å². The summed E-state index contributed by atoms with van der Waals surface area (Å²) in [5.41, 5.74) is 2.64. The molecule has 0 aliphatic rings. The van der Waals surface area contributed by atoms with Gasteiger partial charge in [0.15, 0.2) is 0 Å². The molecule has 0 aliphatic carbocycles. The molecular formula is C13H20N2O. The van der Waals surface area contributed by atoms with Gasteiger partial charge in [-0.2, -0.15) is 0 Å². The van der Waals surface area contributed by atoms with Crippen molar-refractivity contribution in [3.8, 4) is 0 Å². The molecule has 0 radical (unpaired) electrons. The summed E-state index contributed by atoms with van der Waals surface area (Å²) in [6.45, 7) is 3.20. The summed E-state index contributed by atoms with van der Waals surface area (Å²) in [7, 11) is 4.12. The molecule has 1 rings (SSSR count). The Kier molecular flexibility index (Phi) is 4.99. The minimum absolute atomic E-state index is 0.0325. The van der Waals surface area contributed by atoms with E-state index in [1.165, 1.54) is 11.1 Å². The highest BCUT2D eigenvalue weighted by Crippen LogP contribution is 2.10. The van der Waals surface area contributed by atoms with Crippen LogP contribution >= 0.6 is 0 Å². The summed E-state index contributed by atoms with van der Waals surface area (Å²) in [5.74, 6) is 0.0325. The quantitative estimate of drug-likeness (QED) is 0.814. The first-order valence-corrected chi connectivity index (χ1v) is 5.55. The van der Waals surface area contributed by atoms with Gasteiger partial charge in [0.2, 0.25) is 5.91 Å². The van der Waals surface area contributed by atoms with E-state index < -0.39 is 0 Å². The summed E-state index contributed by atoms with van der Waals surface area (Å²) >= 11 is 0. The smallest absolute Gasteiger partial charge is 0.216 e. The van der Waals surface area contributed by atoms with Crippen molar-refractivity contribution < 1.29 is 4.79 Å². The number of carbonyl (C=O) groups is 1. The standard InChI is InChI=1S/C13H20N2O/c1-11(16)14-9-8-12-6-4-5-7-13(12)10-15(2)3/h4-7H,8-10H2,1-3H3,(H,14,16). The van der Waals surface area contributed by atoms with Gasteiger partial charge in [0.05, 0.1) is 0 Å². The Balaban J connectivity index is 2.60. The number of benzene rings is 1. The average Bonchev–Trinajstić information content (AvgIpc) is 2.19. The largest absolute Gasteiger partial charge is 0.356 e. The number of amides is 1. The minimum atomic E-state index is 0.0325. The van der Waals surface area contributed by atoms with Gasteiger partial charge in [-0.1, -0.05) is 24.3 Å². The number of nitrogens with zero attached hydrogens (tertiary/aromatic N) is 1. The van der Waals surface area contributed by atoms with Crippen LogP contribution in [0.15, 0.2) is 24.3 Å². The number of rotatable bonds is 5. The van der Waals surface area contributed by atoms with Crippen LogP contribution in [0.25, 0.3) is 0 Å². The Morgan fingerprint density at radius 3 is 2.44 bits per heavy atom. The van der Waals surface area contributed by atoms with Crippen molar-refractivity contribution in [2.75, 3.05) is 20.6 Å². The Morgan fingerprint density at radius 1 is 1.25 bits per heavy atom. The summed E-state index contributed by atoms with van der Waals surface area (Å²) in [4.78, 5) is 12.9. The fraction of sp³-hybridized carbons (Fsp3) is 0.462. The molecule has 0 aromatic heterocycles. The summed E-state index contributed by atoms with van der Waals surface area (Å²) in [6.07, 6.45) is 0.892. The molecule has 0 fully saturated rings. The van der Waals surface area contributed by atoms with Gasteiger partial charge in [0.1, 0.15) is 0 Å². The molecule has 1 aromatic rings. The fourth-order valence-corrected chi connectivity index (χ4v) is 1.67. The lowest BCUT2D eigenvalue weighted by molar-refractivity contribution is -0.118. The lowest BCUT2D eigenvalue weighted by Crippen LogP contribution is -2.23. The van der Waals surface area contributed by atoms with E-state index in [4.69, 9.17) is 0 Å². The third kappa shape index (κ3) is 4.45. The first kappa shape index (κ1) is 12.7. The molecule has 1 amide bonds. The van der Waals surface area contributed by atoms with E-state index in [0.29, 0.717) is 6.54 Å². The second-order valence-corrected chi connectivity index (χ2v) is 4.24. The molecule has 3 nitrogen and oxygen atoms in total. The minimum Gasteiger partial charge on any atom is -0.356 e. The molecule has 0 aliphatic heterocycles. The number of hydrogen-bond acceptors (Lipinski definition) is 2. The molecule has 1 N–H and O–H groups in total. The van der Waals surface area contributed by atoms with Gasteiger partial charge in [0.25, 0.3) is 0 Å². The van der Waals surface area contributed by atoms with Gasteiger partial charge >= 0.3 is 0 Å². The van der Waals surface area contributed by atoms with Crippen molar-refractivity contribution in [3.63, 3.8) is 0 Å². The van der Waals surface area contributed by atoms with Crippen LogP contribution in [-0.4, -0.2) is 31.4 Å². The average molecular weight is 220 g/mol. The Morgan fingerprint density at radius 2 is 1.88 bits per heavy atom. The second kappa shape index (κ2) is 6.28. The molecule has 0 saturated carbocycles. The van der Waals surface area contributed by atoms with Gasteiger partial charge in [0, 0.05) is 20.0 Å². The molecule has 0 saturated heterocycles. The van der Waals surface area contributed by atoms with E-state index in [-0.39, 0.29) is 5.91 Å². The van der Waals surface area contributed by atoms with E-state index in [0.717, 1.165) is 13.0 Å². The zero-order chi connectivity index (χ0) is 12.0. The molecule has 0 bridgehead atoms. The highest BCUT2D eigenvalue weighted by molar-refractivity contribution is 5.72. The van der Waals surface area contributed by atoms with Crippen LogP contribution in [0.4, 0.5) is 0 Å². The van der Waals surface area contributed by atoms with Crippen molar-refractivity contribution >= 4 is 5.91 Å². The normalized spacial score (nSPS) is 10.5. The van der Waals surface area contributed by atoms with E-state index in [2.05, 4.69) is 42.5 Å². The molecule has 0 spiro atoms. The van der Waals surface area contributed by atoms with E-state index >= 15 is 0 Å². The zero-order valence-corrected chi connectivity index (χ0v) is 10.3. The fourth-order valence-electron chi connectivity index (χ4n) is 1.67. The maximum atomic E-state index is 10.8. The van der Waals surface area contributed by atoms with E-state index in [9.17, 15) is 4.79 Å². The van der Waals surface area contributed by atoms with Gasteiger partial charge in [-0.3, -0.25) is 4.79 Å². The van der Waals surface area contributed by atoms with Crippen LogP contribution in [-0.2, 0) is 17.8 Å². The molecule has 88 valence electrons. The first-order valence-electron chi connectivity index (χ1n) is 5.55. The van der Waals surface area contributed by atoms with Crippen LogP contribution in [0.3, 0.4) is 0 Å². The highest BCUT2D eigenvalue weighted by Gasteiger charge is 2.02. The monoisotopic (exact) mass is 220 g/mol. The van der Waals surface area contributed by atoms with Gasteiger partial charge < -0.3 is 10.2 Å². The van der Waals surface area contributed by atoms with Crippen LogP contribution in [0, 0.1) is 0 Å². The summed E-state index contributed by atoms with van der Waals surface area (Å²) in [5, 5.41) is 2.82. The Labute approximate surface area is 97.5 Å². The van der Waals surface area contributed by atoms with Crippen LogP contribution in [0.5, 0.6) is 0 Å². The van der Waals surface area contributed by atoms with Crippen molar-refractivity contribution in [1.82, 2.24) is 10.2 Å². The predicted molar refractivity (Wildman–Crippen MR) is 66.2 cm³/mol. The Bertz CT molecular complexity index is 348. The van der Waals surface area contributed by atoms with Crippen molar-refractivity contribution in [2.45, 2.75) is 19.9 Å². The van der Waals surface area contributed by atoms with Gasteiger partial charge in [-0.15, -0.1) is 0 Å². The molecule has 0 heterocycles. The topological polar surface area (TPSA) is 32.3 Å². The summed E-state index contributed by atoms with van der Waals surface area (Å²) in [6, 6.07) is 8.37. The molecular weight excluding hydrogens is 200 g/mol. The molecule has 3 heteroatoms. The molecule has 0 atom stereocenters. The van der Waals surface area contributed by atoms with Crippen molar-refractivity contribution in [3.05, 3.63) is 35.4 Å². The second-order valence-electron chi connectivity index (χ2n) is 4.24. The first-order chi connectivity index (χ1) is 7.59. The number of nitrogens with one attached hydrogen (secondary N) is 1. The SMILES string of the molecule is CC(=O)NCCc1ccccc1CN(C)C. The van der Waals surface area contributed by atoms with Gasteiger partial charge in [-0.25, -0.2) is 0 Å². The third-order valence-corrected chi connectivity index (χ3v) is 2.37. The maximum Gasteiger partial charge on any atom is 0.216 e. The maximum absolute atomic E-state index is 10.8. The van der Waals surface area contributed by atoms with Crippen molar-refractivity contribution in [2.24, 2.45) is 0 Å².